The molecule has 0 bridgehead atoms. The molecule has 14 heteroatoms. The van der Waals surface area contributed by atoms with Gasteiger partial charge in [0.1, 0.15) is 24.3 Å². The van der Waals surface area contributed by atoms with Crippen LogP contribution in [0.1, 0.15) is 54.9 Å². The molecule has 5 N–H and O–H groups in total. The third-order valence-electron chi connectivity index (χ3n) is 11.3. The Hall–Kier alpha value is -5.28. The first-order chi connectivity index (χ1) is 26.5. The number of aromatic hydroxyl groups is 1. The van der Waals surface area contributed by atoms with Crippen LogP contribution in [0, 0.1) is 0 Å². The minimum Gasteiger partial charge on any atom is -0.504 e. The SMILES string of the molecule is COCCOC(=O)C1(Nc2c(NC3(C(=O)OCCOC)CC3)c3c(=O)cc(CO)c4c5c(CO)cc(=O)c6c(O)c(OC)c7c(c(c2C=C(C)C7)c34)c65)CC1. The number of methoxy groups -OCH3 is 3. The Morgan fingerprint density at radius 1 is 0.691 bits per heavy atom. The Morgan fingerprint density at radius 3 is 1.69 bits per heavy atom. The van der Waals surface area contributed by atoms with Gasteiger partial charge in [-0.25, -0.2) is 9.59 Å². The van der Waals surface area contributed by atoms with Crippen molar-refractivity contribution in [2.45, 2.75) is 63.3 Å². The van der Waals surface area contributed by atoms with Gasteiger partial charge in [-0.3, -0.25) is 9.59 Å². The van der Waals surface area contributed by atoms with Gasteiger partial charge >= 0.3 is 11.9 Å². The van der Waals surface area contributed by atoms with Crippen LogP contribution in [-0.4, -0.2) is 86.1 Å². The van der Waals surface area contributed by atoms with E-state index in [1.807, 2.05) is 13.0 Å². The van der Waals surface area contributed by atoms with Gasteiger partial charge in [0.2, 0.25) is 0 Å². The van der Waals surface area contributed by atoms with Gasteiger partial charge in [-0.05, 0) is 78.4 Å². The number of allylic oxidation sites excluding steroid dienone is 1. The lowest BCUT2D eigenvalue weighted by molar-refractivity contribution is -0.147. The number of benzene rings is 5. The number of fused-ring (bicyclic) bond motifs is 1. The zero-order valence-corrected chi connectivity index (χ0v) is 31.0. The number of phenolic OH excluding ortho intramolecular Hbond substituents is 1. The third-order valence-corrected chi connectivity index (χ3v) is 11.3. The second kappa shape index (κ2) is 13.5. The number of esters is 2. The maximum Gasteiger partial charge on any atom is 0.331 e. The van der Waals surface area contributed by atoms with Gasteiger partial charge in [0, 0.05) is 41.5 Å². The normalized spacial score (nSPS) is 16.4. The molecule has 0 radical (unpaired) electrons. The molecule has 8 rings (SSSR count). The summed E-state index contributed by atoms with van der Waals surface area (Å²) < 4.78 is 27.2. The number of aliphatic hydroxyl groups is 2. The van der Waals surface area contributed by atoms with Crippen LogP contribution in [0.25, 0.3) is 49.2 Å². The minimum absolute atomic E-state index is 0.0217. The Morgan fingerprint density at radius 2 is 1.20 bits per heavy atom. The van der Waals surface area contributed by atoms with Crippen LogP contribution in [0.15, 0.2) is 27.3 Å². The van der Waals surface area contributed by atoms with E-state index in [4.69, 9.17) is 23.7 Å². The molecule has 0 heterocycles. The van der Waals surface area contributed by atoms with Crippen molar-refractivity contribution in [1.82, 2.24) is 0 Å². The van der Waals surface area contributed by atoms with Crippen LogP contribution in [-0.2, 0) is 48.2 Å². The van der Waals surface area contributed by atoms with Crippen LogP contribution in [0.2, 0.25) is 0 Å². The molecule has 5 aromatic carbocycles. The number of aliphatic hydroxyl groups excluding tert-OH is 2. The Labute approximate surface area is 314 Å². The monoisotopic (exact) mass is 754 g/mol. The second-order valence-corrected chi connectivity index (χ2v) is 14.7. The summed E-state index contributed by atoms with van der Waals surface area (Å²) in [7, 11) is 4.41. The maximum atomic E-state index is 14.7. The van der Waals surface area contributed by atoms with E-state index < -0.39 is 47.1 Å². The first-order valence-corrected chi connectivity index (χ1v) is 18.2. The molecule has 5 aromatic rings. The third kappa shape index (κ3) is 5.53. The molecule has 0 spiro atoms. The molecule has 0 aliphatic heterocycles. The Kier molecular flexibility index (Phi) is 8.99. The first kappa shape index (κ1) is 36.7. The lowest BCUT2D eigenvalue weighted by Gasteiger charge is -2.29. The van der Waals surface area contributed by atoms with Crippen molar-refractivity contribution in [3.8, 4) is 11.5 Å². The molecule has 288 valence electrons. The highest BCUT2D eigenvalue weighted by Crippen LogP contribution is 2.57. The average molecular weight is 755 g/mol. The van der Waals surface area contributed by atoms with Crippen molar-refractivity contribution in [3.05, 3.63) is 60.4 Å². The van der Waals surface area contributed by atoms with Gasteiger partial charge < -0.3 is 49.6 Å². The quantitative estimate of drug-likeness (QED) is 0.0447. The van der Waals surface area contributed by atoms with Crippen molar-refractivity contribution >= 4 is 72.5 Å². The second-order valence-electron chi connectivity index (χ2n) is 14.7. The summed E-state index contributed by atoms with van der Waals surface area (Å²) in [5.74, 6) is -1.30. The van der Waals surface area contributed by atoms with Crippen LogP contribution in [0.4, 0.5) is 11.4 Å². The van der Waals surface area contributed by atoms with Crippen molar-refractivity contribution in [2.24, 2.45) is 0 Å². The molecule has 2 fully saturated rings. The zero-order valence-electron chi connectivity index (χ0n) is 31.0. The van der Waals surface area contributed by atoms with Crippen molar-refractivity contribution in [1.29, 1.82) is 0 Å². The summed E-state index contributed by atoms with van der Waals surface area (Å²) in [6, 6.07) is 2.57. The smallest absolute Gasteiger partial charge is 0.331 e. The summed E-state index contributed by atoms with van der Waals surface area (Å²) in [5, 5.41) is 43.0. The standard InChI is InChI=1S/C41H42N2O12/c1-19-13-22-28-29-23(14-19)37(53-4)36(48)31-25(47)16-21(18-45)27(33(29)31)26-20(17-44)15-24(46)30(32(26)28)35(43-41(7-8-41)39(50)55-12-10-52-3)34(22)42-40(5-6-40)38(49)54-11-9-51-2/h13,15-16,42-45,48H,5-12,14,17-18H2,1-4H3. The molecular formula is C41H42N2O12. The number of carbonyl (C=O) groups is 2. The van der Waals surface area contributed by atoms with E-state index in [-0.39, 0.29) is 71.9 Å². The Bertz CT molecular complexity index is 2570. The molecule has 3 aliphatic carbocycles. The van der Waals surface area contributed by atoms with Crippen LogP contribution >= 0.6 is 0 Å². The fourth-order valence-corrected chi connectivity index (χ4v) is 8.37. The molecule has 0 amide bonds. The topological polar surface area (TPSA) is 199 Å². The molecule has 14 nitrogen and oxygen atoms in total. The van der Waals surface area contributed by atoms with E-state index in [2.05, 4.69) is 10.6 Å². The highest BCUT2D eigenvalue weighted by Gasteiger charge is 2.55. The minimum atomic E-state index is -1.21. The summed E-state index contributed by atoms with van der Waals surface area (Å²) in [4.78, 5) is 56.0. The number of hydrogen-bond donors (Lipinski definition) is 5. The first-order valence-electron chi connectivity index (χ1n) is 18.2. The van der Waals surface area contributed by atoms with E-state index in [9.17, 15) is 34.5 Å². The van der Waals surface area contributed by atoms with E-state index in [1.165, 1.54) is 33.5 Å². The van der Waals surface area contributed by atoms with Gasteiger partial charge in [0.05, 0.1) is 55.7 Å². The van der Waals surface area contributed by atoms with Crippen LogP contribution in [0.3, 0.4) is 0 Å². The number of rotatable bonds is 15. The summed E-state index contributed by atoms with van der Waals surface area (Å²) >= 11 is 0. The lowest BCUT2D eigenvalue weighted by Crippen LogP contribution is -2.37. The van der Waals surface area contributed by atoms with Crippen LogP contribution < -0.4 is 26.2 Å². The number of phenols is 1. The summed E-state index contributed by atoms with van der Waals surface area (Å²) in [6.07, 6.45) is 3.82. The summed E-state index contributed by atoms with van der Waals surface area (Å²) in [6.45, 7) is 1.22. The molecule has 0 saturated heterocycles. The number of carbonyl (C=O) groups excluding carboxylic acids is 2. The van der Waals surface area contributed by atoms with E-state index in [0.29, 0.717) is 74.8 Å². The highest BCUT2D eigenvalue weighted by atomic mass is 16.6. The van der Waals surface area contributed by atoms with E-state index >= 15 is 0 Å². The predicted molar refractivity (Wildman–Crippen MR) is 206 cm³/mol. The molecule has 3 aliphatic rings. The molecule has 0 aromatic heterocycles. The number of ether oxygens (including phenoxy) is 5. The predicted octanol–water partition coefficient (Wildman–Crippen LogP) is 3.82. The molecule has 0 unspecified atom stereocenters. The number of nitrogens with one attached hydrogen (secondary N) is 2. The van der Waals surface area contributed by atoms with Crippen LogP contribution in [0.5, 0.6) is 11.5 Å². The van der Waals surface area contributed by atoms with E-state index in [1.54, 1.807) is 0 Å². The van der Waals surface area contributed by atoms with Crippen molar-refractivity contribution in [3.63, 3.8) is 0 Å². The Balaban J connectivity index is 1.57. The number of anilines is 2. The van der Waals surface area contributed by atoms with Gasteiger partial charge in [-0.15, -0.1) is 0 Å². The average Bonchev–Trinajstić information content (AvgIpc) is 4.10. The summed E-state index contributed by atoms with van der Waals surface area (Å²) in [5.41, 5.74) is -0.395. The van der Waals surface area contributed by atoms with E-state index in [0.717, 1.165) is 5.57 Å². The van der Waals surface area contributed by atoms with Gasteiger partial charge in [0.15, 0.2) is 22.4 Å². The van der Waals surface area contributed by atoms with Gasteiger partial charge in [0.25, 0.3) is 0 Å². The lowest BCUT2D eigenvalue weighted by atomic mass is 9.81. The molecular weight excluding hydrogens is 712 g/mol. The number of hydrogen-bond acceptors (Lipinski definition) is 14. The molecule has 2 saturated carbocycles. The van der Waals surface area contributed by atoms with Gasteiger partial charge in [-0.1, -0.05) is 11.6 Å². The maximum absolute atomic E-state index is 14.7. The molecule has 0 atom stereocenters. The van der Waals surface area contributed by atoms with Gasteiger partial charge in [-0.2, -0.15) is 0 Å². The molecule has 55 heavy (non-hydrogen) atoms. The van der Waals surface area contributed by atoms with Crippen molar-refractivity contribution in [2.75, 3.05) is 58.4 Å². The van der Waals surface area contributed by atoms with Crippen molar-refractivity contribution < 1.29 is 48.6 Å². The highest BCUT2D eigenvalue weighted by molar-refractivity contribution is 6.39. The largest absolute Gasteiger partial charge is 0.504 e. The fraction of sp³-hybridized carbons (Fsp3) is 0.415. The fourth-order valence-electron chi connectivity index (χ4n) is 8.37. The zero-order chi connectivity index (χ0) is 39.0.